The van der Waals surface area contributed by atoms with Crippen molar-refractivity contribution in [1.82, 2.24) is 9.78 Å². The molecule has 0 N–H and O–H groups in total. The van der Waals surface area contributed by atoms with Crippen molar-refractivity contribution in [3.05, 3.63) is 11.3 Å². The Morgan fingerprint density at radius 1 is 1.35 bits per heavy atom. The Kier molecular flexibility index (Phi) is 3.67. The molecule has 0 saturated carbocycles. The van der Waals surface area contributed by atoms with Crippen molar-refractivity contribution in [1.29, 1.82) is 0 Å². The maximum absolute atomic E-state index is 6.05. The van der Waals surface area contributed by atoms with E-state index in [0.29, 0.717) is 5.88 Å². The molecule has 96 valence electrons. The van der Waals surface area contributed by atoms with Gasteiger partial charge in [-0.3, -0.25) is 4.68 Å². The third kappa shape index (κ3) is 2.30. The summed E-state index contributed by atoms with van der Waals surface area (Å²) >= 11 is 6.05. The van der Waals surface area contributed by atoms with Crippen molar-refractivity contribution in [3.63, 3.8) is 0 Å². The summed E-state index contributed by atoms with van der Waals surface area (Å²) < 4.78 is 1.98. The first-order valence-corrected chi connectivity index (χ1v) is 6.91. The largest absolute Gasteiger partial charge is 0.356 e. The maximum atomic E-state index is 6.05. The zero-order chi connectivity index (χ0) is 12.6. The molecule has 1 fully saturated rings. The minimum atomic E-state index is 0.551. The van der Waals surface area contributed by atoms with Crippen LogP contribution >= 0.6 is 11.6 Å². The lowest BCUT2D eigenvalue weighted by molar-refractivity contribution is 0.321. The lowest BCUT2D eigenvalue weighted by Gasteiger charge is -2.37. The van der Waals surface area contributed by atoms with Crippen LogP contribution in [-0.2, 0) is 12.9 Å². The highest BCUT2D eigenvalue weighted by atomic mass is 35.5. The molecule has 0 spiro atoms. The average Bonchev–Trinajstić information content (AvgIpc) is 2.57. The normalized spacial score (nSPS) is 25.4. The van der Waals surface area contributed by atoms with Crippen molar-refractivity contribution >= 4 is 17.4 Å². The summed E-state index contributed by atoms with van der Waals surface area (Å²) in [5.74, 6) is 3.33. The number of hydrogen-bond acceptors (Lipinski definition) is 2. The molecule has 1 aromatic rings. The first-order valence-electron chi connectivity index (χ1n) is 6.38. The fourth-order valence-electron chi connectivity index (χ4n) is 2.70. The third-order valence-corrected chi connectivity index (χ3v) is 4.35. The molecule has 1 saturated heterocycles. The van der Waals surface area contributed by atoms with Gasteiger partial charge in [-0.25, -0.2) is 0 Å². The standard InChI is InChI=1S/C13H22ClN3/c1-9-5-6-17(8-10(9)2)13-12(7-14)11(3)15-16(13)4/h9-10H,5-8H2,1-4H3. The Morgan fingerprint density at radius 2 is 2.06 bits per heavy atom. The fourth-order valence-corrected chi connectivity index (χ4v) is 3.01. The van der Waals surface area contributed by atoms with E-state index in [2.05, 4.69) is 23.8 Å². The number of anilines is 1. The van der Waals surface area contributed by atoms with E-state index < -0.39 is 0 Å². The highest BCUT2D eigenvalue weighted by Gasteiger charge is 2.26. The molecule has 4 heteroatoms. The van der Waals surface area contributed by atoms with Gasteiger partial charge in [0.15, 0.2) is 0 Å². The number of hydrogen-bond donors (Lipinski definition) is 0. The lowest BCUT2D eigenvalue weighted by Crippen LogP contribution is -2.39. The van der Waals surface area contributed by atoms with Crippen LogP contribution in [0.15, 0.2) is 0 Å². The van der Waals surface area contributed by atoms with E-state index in [1.807, 2.05) is 18.7 Å². The molecule has 2 heterocycles. The number of nitrogens with zero attached hydrogens (tertiary/aromatic N) is 3. The molecule has 0 aromatic carbocycles. The predicted octanol–water partition coefficient (Wildman–Crippen LogP) is 2.95. The second kappa shape index (κ2) is 4.89. The molecule has 1 aliphatic rings. The molecule has 0 aliphatic carbocycles. The van der Waals surface area contributed by atoms with Crippen LogP contribution in [0.2, 0.25) is 0 Å². The van der Waals surface area contributed by atoms with E-state index in [1.165, 1.54) is 17.8 Å². The van der Waals surface area contributed by atoms with Crippen LogP contribution in [0.3, 0.4) is 0 Å². The molecule has 2 rings (SSSR count). The lowest BCUT2D eigenvalue weighted by atomic mass is 9.88. The molecule has 3 nitrogen and oxygen atoms in total. The first-order chi connectivity index (χ1) is 8.04. The van der Waals surface area contributed by atoms with Crippen LogP contribution < -0.4 is 4.90 Å². The van der Waals surface area contributed by atoms with Crippen LogP contribution in [0.4, 0.5) is 5.82 Å². The van der Waals surface area contributed by atoms with Gasteiger partial charge in [0.1, 0.15) is 5.82 Å². The summed E-state index contributed by atoms with van der Waals surface area (Å²) in [5.41, 5.74) is 2.25. The smallest absolute Gasteiger partial charge is 0.131 e. The Hall–Kier alpha value is -0.700. The Bertz CT molecular complexity index is 400. The van der Waals surface area contributed by atoms with Crippen molar-refractivity contribution in [2.75, 3.05) is 18.0 Å². The Balaban J connectivity index is 2.28. The molecule has 1 aliphatic heterocycles. The van der Waals surface area contributed by atoms with E-state index >= 15 is 0 Å². The van der Waals surface area contributed by atoms with Gasteiger partial charge in [-0.2, -0.15) is 5.10 Å². The zero-order valence-corrected chi connectivity index (χ0v) is 12.0. The van der Waals surface area contributed by atoms with E-state index in [-0.39, 0.29) is 0 Å². The van der Waals surface area contributed by atoms with Crippen molar-refractivity contribution < 1.29 is 0 Å². The molecule has 0 amide bonds. The molecule has 0 radical (unpaired) electrons. The SMILES string of the molecule is Cc1nn(C)c(N2CCC(C)C(C)C2)c1CCl. The molecule has 2 atom stereocenters. The van der Waals surface area contributed by atoms with Crippen LogP contribution in [0.1, 0.15) is 31.5 Å². The van der Waals surface area contributed by atoms with Crippen molar-refractivity contribution in [2.45, 2.75) is 33.1 Å². The minimum absolute atomic E-state index is 0.551. The van der Waals surface area contributed by atoms with Gasteiger partial charge in [0.05, 0.1) is 11.6 Å². The van der Waals surface area contributed by atoms with E-state index in [0.717, 1.165) is 30.6 Å². The van der Waals surface area contributed by atoms with E-state index in [9.17, 15) is 0 Å². The van der Waals surface area contributed by atoms with Gasteiger partial charge < -0.3 is 4.90 Å². The van der Waals surface area contributed by atoms with E-state index in [4.69, 9.17) is 11.6 Å². The number of piperidine rings is 1. The number of rotatable bonds is 2. The van der Waals surface area contributed by atoms with Gasteiger partial charge in [0.25, 0.3) is 0 Å². The molecular weight excluding hydrogens is 234 g/mol. The van der Waals surface area contributed by atoms with Gasteiger partial charge in [-0.05, 0) is 25.2 Å². The van der Waals surface area contributed by atoms with Gasteiger partial charge in [-0.1, -0.05) is 13.8 Å². The highest BCUT2D eigenvalue weighted by Crippen LogP contribution is 2.31. The summed E-state index contributed by atoms with van der Waals surface area (Å²) in [6.45, 7) is 8.95. The topological polar surface area (TPSA) is 21.1 Å². The molecule has 0 bridgehead atoms. The second-order valence-corrected chi connectivity index (χ2v) is 5.60. The zero-order valence-electron chi connectivity index (χ0n) is 11.2. The monoisotopic (exact) mass is 255 g/mol. The molecule has 1 aromatic heterocycles. The van der Waals surface area contributed by atoms with Crippen LogP contribution in [0, 0.1) is 18.8 Å². The number of aryl methyl sites for hydroxylation is 2. The Labute approximate surface area is 109 Å². The summed E-state index contributed by atoms with van der Waals surface area (Å²) in [4.78, 5) is 2.45. The summed E-state index contributed by atoms with van der Waals surface area (Å²) in [5, 5.41) is 4.49. The first kappa shape index (κ1) is 12.7. The maximum Gasteiger partial charge on any atom is 0.131 e. The molecule has 17 heavy (non-hydrogen) atoms. The predicted molar refractivity (Wildman–Crippen MR) is 72.7 cm³/mol. The third-order valence-electron chi connectivity index (χ3n) is 4.08. The van der Waals surface area contributed by atoms with Crippen LogP contribution in [0.25, 0.3) is 0 Å². The van der Waals surface area contributed by atoms with Crippen molar-refractivity contribution in [3.8, 4) is 0 Å². The summed E-state index contributed by atoms with van der Waals surface area (Å²) in [6, 6.07) is 0. The van der Waals surface area contributed by atoms with Gasteiger partial charge in [0, 0.05) is 25.7 Å². The minimum Gasteiger partial charge on any atom is -0.356 e. The number of halogens is 1. The van der Waals surface area contributed by atoms with Crippen LogP contribution in [-0.4, -0.2) is 22.9 Å². The quantitative estimate of drug-likeness (QED) is 0.758. The summed E-state index contributed by atoms with van der Waals surface area (Å²) in [7, 11) is 2.01. The van der Waals surface area contributed by atoms with Crippen LogP contribution in [0.5, 0.6) is 0 Å². The average molecular weight is 256 g/mol. The summed E-state index contributed by atoms with van der Waals surface area (Å²) in [6.07, 6.45) is 1.26. The number of aromatic nitrogens is 2. The second-order valence-electron chi connectivity index (χ2n) is 5.33. The number of alkyl halides is 1. The van der Waals surface area contributed by atoms with Gasteiger partial charge >= 0.3 is 0 Å². The fraction of sp³-hybridized carbons (Fsp3) is 0.769. The van der Waals surface area contributed by atoms with Gasteiger partial charge in [-0.15, -0.1) is 11.6 Å². The van der Waals surface area contributed by atoms with Crippen molar-refractivity contribution in [2.24, 2.45) is 18.9 Å². The Morgan fingerprint density at radius 3 is 2.65 bits per heavy atom. The highest BCUT2D eigenvalue weighted by molar-refractivity contribution is 6.17. The van der Waals surface area contributed by atoms with E-state index in [1.54, 1.807) is 0 Å². The molecular formula is C13H22ClN3. The molecule has 2 unspecified atom stereocenters. The van der Waals surface area contributed by atoms with Gasteiger partial charge in [0.2, 0.25) is 0 Å².